The second-order valence-electron chi connectivity index (χ2n) is 4.81. The fourth-order valence-electron chi connectivity index (χ4n) is 2.06. The molecule has 0 radical (unpaired) electrons. The number of fused-ring (bicyclic) bond motifs is 1. The normalized spacial score (nSPS) is 10.9. The summed E-state index contributed by atoms with van der Waals surface area (Å²) in [5.74, 6) is 0.577. The van der Waals surface area contributed by atoms with Gasteiger partial charge in [-0.1, -0.05) is 22.0 Å². The molecule has 0 unspecified atom stereocenters. The number of aromatic nitrogens is 1. The highest BCUT2D eigenvalue weighted by Crippen LogP contribution is 2.31. The Balaban J connectivity index is 2.15. The van der Waals surface area contributed by atoms with E-state index in [4.69, 9.17) is 10.2 Å². The molecule has 5 heteroatoms. The number of hydrogen-bond acceptors (Lipinski definition) is 4. The van der Waals surface area contributed by atoms with Gasteiger partial charge in [0.25, 0.3) is 0 Å². The molecule has 102 valence electrons. The molecule has 0 saturated carbocycles. The first-order valence-electron chi connectivity index (χ1n) is 6.18. The van der Waals surface area contributed by atoms with Crippen molar-refractivity contribution in [1.29, 1.82) is 0 Å². The van der Waals surface area contributed by atoms with Crippen molar-refractivity contribution in [3.63, 3.8) is 0 Å². The molecule has 0 aliphatic heterocycles. The lowest BCUT2D eigenvalue weighted by molar-refractivity contribution is 0.621. The highest BCUT2D eigenvalue weighted by molar-refractivity contribution is 9.10. The average Bonchev–Trinajstić information content (AvgIpc) is 2.83. The maximum atomic E-state index is 5.95. The second kappa shape index (κ2) is 4.83. The number of rotatable bonds is 2. The van der Waals surface area contributed by atoms with Crippen molar-refractivity contribution >= 4 is 38.4 Å². The lowest BCUT2D eigenvalue weighted by Crippen LogP contribution is -2.08. The zero-order valence-corrected chi connectivity index (χ0v) is 12.8. The van der Waals surface area contributed by atoms with E-state index in [9.17, 15) is 0 Å². The van der Waals surface area contributed by atoms with E-state index >= 15 is 0 Å². The van der Waals surface area contributed by atoms with Gasteiger partial charge in [-0.3, -0.25) is 0 Å². The summed E-state index contributed by atoms with van der Waals surface area (Å²) in [6.07, 6.45) is 0. The Morgan fingerprint density at radius 3 is 2.75 bits per heavy atom. The number of benzene rings is 2. The van der Waals surface area contributed by atoms with Crippen LogP contribution in [0.2, 0.25) is 0 Å². The molecule has 0 amide bonds. The van der Waals surface area contributed by atoms with Gasteiger partial charge >= 0.3 is 0 Å². The van der Waals surface area contributed by atoms with Gasteiger partial charge in [-0.25, -0.2) is 4.98 Å². The van der Waals surface area contributed by atoms with Crippen molar-refractivity contribution in [3.8, 4) is 11.5 Å². The van der Waals surface area contributed by atoms with Gasteiger partial charge in [0.1, 0.15) is 5.52 Å². The van der Waals surface area contributed by atoms with Crippen molar-refractivity contribution in [1.82, 2.24) is 4.98 Å². The van der Waals surface area contributed by atoms with Crippen LogP contribution in [-0.4, -0.2) is 19.1 Å². The molecule has 0 fully saturated rings. The third-order valence-corrected chi connectivity index (χ3v) is 3.55. The fourth-order valence-corrected chi connectivity index (χ4v) is 2.53. The molecule has 20 heavy (non-hydrogen) atoms. The van der Waals surface area contributed by atoms with Crippen LogP contribution in [0.5, 0.6) is 0 Å². The molecule has 3 aromatic rings. The van der Waals surface area contributed by atoms with E-state index in [1.165, 1.54) is 0 Å². The minimum absolute atomic E-state index is 0.577. The zero-order chi connectivity index (χ0) is 14.3. The summed E-state index contributed by atoms with van der Waals surface area (Å²) < 4.78 is 6.69. The van der Waals surface area contributed by atoms with E-state index < -0.39 is 0 Å². The monoisotopic (exact) mass is 331 g/mol. The minimum Gasteiger partial charge on any atom is -0.434 e. The van der Waals surface area contributed by atoms with Gasteiger partial charge < -0.3 is 15.1 Å². The van der Waals surface area contributed by atoms with Gasteiger partial charge in [0.15, 0.2) is 5.58 Å². The molecule has 0 aliphatic carbocycles. The predicted octanol–water partition coefficient (Wildman–Crippen LogP) is 3.91. The molecule has 0 aliphatic rings. The first-order valence-corrected chi connectivity index (χ1v) is 6.97. The zero-order valence-electron chi connectivity index (χ0n) is 11.2. The van der Waals surface area contributed by atoms with Gasteiger partial charge in [-0.15, -0.1) is 0 Å². The van der Waals surface area contributed by atoms with Crippen LogP contribution < -0.4 is 10.6 Å². The number of hydrogen-bond donors (Lipinski definition) is 1. The molecular formula is C15H14BrN3O. The molecule has 2 aromatic carbocycles. The average molecular weight is 332 g/mol. The van der Waals surface area contributed by atoms with E-state index in [1.807, 2.05) is 55.4 Å². The SMILES string of the molecule is CN(C)c1cccc(-c2nc3cc(Br)cc(N)c3o2)c1. The third kappa shape index (κ3) is 2.25. The van der Waals surface area contributed by atoms with Crippen LogP contribution in [0.15, 0.2) is 45.3 Å². The number of nitrogens with zero attached hydrogens (tertiary/aromatic N) is 2. The molecule has 1 heterocycles. The Kier molecular flexibility index (Phi) is 3.14. The minimum atomic E-state index is 0.577. The molecule has 0 saturated heterocycles. The van der Waals surface area contributed by atoms with Crippen molar-refractivity contribution in [2.24, 2.45) is 0 Å². The highest BCUT2D eigenvalue weighted by Gasteiger charge is 2.12. The molecule has 0 bridgehead atoms. The first kappa shape index (κ1) is 13.0. The number of nitrogen functional groups attached to an aromatic ring is 1. The van der Waals surface area contributed by atoms with Gasteiger partial charge in [-0.05, 0) is 30.3 Å². The predicted molar refractivity (Wildman–Crippen MR) is 85.9 cm³/mol. The van der Waals surface area contributed by atoms with Gasteiger partial charge in [0.2, 0.25) is 5.89 Å². The third-order valence-electron chi connectivity index (χ3n) is 3.09. The summed E-state index contributed by atoms with van der Waals surface area (Å²) in [6.45, 7) is 0. The van der Waals surface area contributed by atoms with Crippen LogP contribution in [-0.2, 0) is 0 Å². The van der Waals surface area contributed by atoms with E-state index in [1.54, 1.807) is 0 Å². The maximum Gasteiger partial charge on any atom is 0.227 e. The smallest absolute Gasteiger partial charge is 0.227 e. The maximum absolute atomic E-state index is 5.95. The standard InChI is InChI=1S/C15H14BrN3O/c1-19(2)11-5-3-4-9(6-11)15-18-13-8-10(16)7-12(17)14(13)20-15/h3-8H,17H2,1-2H3. The Bertz CT molecular complexity index is 780. The largest absolute Gasteiger partial charge is 0.434 e. The number of nitrogens with two attached hydrogens (primary N) is 1. The fraction of sp³-hybridized carbons (Fsp3) is 0.133. The summed E-state index contributed by atoms with van der Waals surface area (Å²) in [6, 6.07) is 11.7. The van der Waals surface area contributed by atoms with Crippen LogP contribution >= 0.6 is 15.9 Å². The molecule has 1 aromatic heterocycles. The number of oxazole rings is 1. The summed E-state index contributed by atoms with van der Waals surface area (Å²) >= 11 is 3.41. The molecule has 0 atom stereocenters. The van der Waals surface area contributed by atoms with Crippen LogP contribution in [0.1, 0.15) is 0 Å². The lowest BCUT2D eigenvalue weighted by atomic mass is 10.2. The lowest BCUT2D eigenvalue weighted by Gasteiger charge is -2.12. The summed E-state index contributed by atoms with van der Waals surface area (Å²) in [5.41, 5.74) is 9.94. The summed E-state index contributed by atoms with van der Waals surface area (Å²) in [4.78, 5) is 6.55. The van der Waals surface area contributed by atoms with Crippen LogP contribution in [0.25, 0.3) is 22.6 Å². The van der Waals surface area contributed by atoms with Gasteiger partial charge in [0.05, 0.1) is 5.69 Å². The Morgan fingerprint density at radius 2 is 2.00 bits per heavy atom. The molecule has 0 spiro atoms. The Morgan fingerprint density at radius 1 is 1.20 bits per heavy atom. The van der Waals surface area contributed by atoms with Gasteiger partial charge in [-0.2, -0.15) is 0 Å². The van der Waals surface area contributed by atoms with Crippen LogP contribution in [0.4, 0.5) is 11.4 Å². The van der Waals surface area contributed by atoms with Crippen LogP contribution in [0, 0.1) is 0 Å². The topological polar surface area (TPSA) is 55.3 Å². The van der Waals surface area contributed by atoms with Gasteiger partial charge in [0, 0.05) is 29.8 Å². The Hall–Kier alpha value is -2.01. The molecule has 4 nitrogen and oxygen atoms in total. The highest BCUT2D eigenvalue weighted by atomic mass is 79.9. The molecule has 3 rings (SSSR count). The summed E-state index contributed by atoms with van der Waals surface area (Å²) in [5, 5.41) is 0. The van der Waals surface area contributed by atoms with Crippen molar-refractivity contribution in [3.05, 3.63) is 40.9 Å². The first-order chi connectivity index (χ1) is 9.54. The Labute approximate surface area is 125 Å². The number of anilines is 2. The quantitative estimate of drug-likeness (QED) is 0.723. The number of halogens is 1. The second-order valence-corrected chi connectivity index (χ2v) is 5.72. The molecule has 2 N–H and O–H groups in total. The van der Waals surface area contributed by atoms with E-state index in [-0.39, 0.29) is 0 Å². The summed E-state index contributed by atoms with van der Waals surface area (Å²) in [7, 11) is 4.00. The van der Waals surface area contributed by atoms with Crippen molar-refractivity contribution in [2.75, 3.05) is 24.7 Å². The molecular weight excluding hydrogens is 318 g/mol. The van der Waals surface area contributed by atoms with E-state index in [0.717, 1.165) is 21.2 Å². The van der Waals surface area contributed by atoms with Crippen molar-refractivity contribution < 1.29 is 4.42 Å². The van der Waals surface area contributed by atoms with E-state index in [2.05, 4.69) is 20.9 Å². The van der Waals surface area contributed by atoms with Crippen molar-refractivity contribution in [2.45, 2.75) is 0 Å². The van der Waals surface area contributed by atoms with E-state index in [0.29, 0.717) is 17.2 Å². The van der Waals surface area contributed by atoms with Crippen LogP contribution in [0.3, 0.4) is 0 Å².